The van der Waals surface area contributed by atoms with Gasteiger partial charge in [-0.25, -0.2) is 0 Å². The summed E-state index contributed by atoms with van der Waals surface area (Å²) in [4.78, 5) is 5.23. The van der Waals surface area contributed by atoms with Crippen molar-refractivity contribution >= 4 is 17.4 Å². The molecule has 1 N–H and O–H groups in total. The van der Waals surface area contributed by atoms with Crippen LogP contribution in [-0.2, 0) is 0 Å². The van der Waals surface area contributed by atoms with E-state index in [1.54, 1.807) is 17.0 Å². The molecule has 2 aromatic rings. The van der Waals surface area contributed by atoms with Crippen LogP contribution in [0.2, 0.25) is 5.02 Å². The van der Waals surface area contributed by atoms with E-state index in [0.717, 1.165) is 12.8 Å². The molecule has 1 aromatic heterocycles. The molecule has 7 heteroatoms. The Kier molecular flexibility index (Phi) is 4.02. The van der Waals surface area contributed by atoms with Gasteiger partial charge in [0.25, 0.3) is 0 Å². The molecule has 0 radical (unpaired) electrons. The number of pyridine rings is 1. The zero-order chi connectivity index (χ0) is 15.7. The molecule has 0 aliphatic carbocycles. The van der Waals surface area contributed by atoms with Crippen molar-refractivity contribution in [3.05, 3.63) is 41.1 Å². The number of phenols is 1. The second kappa shape index (κ2) is 5.96. The van der Waals surface area contributed by atoms with Gasteiger partial charge in [-0.1, -0.05) is 23.7 Å². The quantitative estimate of drug-likeness (QED) is 0.862. The number of halogens is 3. The first-order chi connectivity index (χ1) is 10.6. The average Bonchev–Trinajstić information content (AvgIpc) is 3.03. The summed E-state index contributed by atoms with van der Waals surface area (Å²) in [6, 6.07) is 5.99. The number of rotatable bonds is 3. The molecule has 0 unspecified atom stereocenters. The average molecular weight is 327 g/mol. The van der Waals surface area contributed by atoms with Gasteiger partial charge in [0.1, 0.15) is 5.02 Å². The number of phenolic OH excluding ortho intramolecular Hbond substituents is 1. The van der Waals surface area contributed by atoms with Crippen molar-refractivity contribution in [2.75, 3.05) is 18.0 Å². The van der Waals surface area contributed by atoms with Crippen LogP contribution < -0.4 is 9.64 Å². The van der Waals surface area contributed by atoms with Crippen molar-refractivity contribution in [1.82, 2.24) is 4.98 Å². The predicted octanol–water partition coefficient (Wildman–Crippen LogP) is 4.11. The highest BCUT2D eigenvalue weighted by molar-refractivity contribution is 6.32. The molecule has 1 saturated heterocycles. The molecule has 22 heavy (non-hydrogen) atoms. The van der Waals surface area contributed by atoms with Gasteiger partial charge in [-0.15, -0.1) is 0 Å². The lowest BCUT2D eigenvalue weighted by atomic mass is 10.3. The molecular formula is C15H13ClF2N2O2. The summed E-state index contributed by atoms with van der Waals surface area (Å²) in [5.41, 5.74) is 0. The minimum absolute atomic E-state index is 0.0127. The molecule has 1 aromatic carbocycles. The van der Waals surface area contributed by atoms with Crippen LogP contribution in [0.15, 0.2) is 24.3 Å². The highest BCUT2D eigenvalue weighted by Gasteiger charge is 2.26. The molecule has 2 heterocycles. The molecule has 0 atom stereocenters. The van der Waals surface area contributed by atoms with Gasteiger partial charge >= 0.3 is 0 Å². The summed E-state index contributed by atoms with van der Waals surface area (Å²) >= 11 is 5.78. The van der Waals surface area contributed by atoms with E-state index < -0.39 is 22.5 Å². The van der Waals surface area contributed by atoms with Crippen LogP contribution in [0.4, 0.5) is 14.6 Å². The summed E-state index contributed by atoms with van der Waals surface area (Å²) in [6.45, 7) is 1.20. The Morgan fingerprint density at radius 2 is 1.86 bits per heavy atom. The minimum Gasteiger partial charge on any atom is -0.504 e. The first kappa shape index (κ1) is 14.8. The Labute approximate surface area is 130 Å². The number of aromatic nitrogens is 1. The maximum absolute atomic E-state index is 14.6. The normalized spacial score (nSPS) is 14.4. The van der Waals surface area contributed by atoms with E-state index in [1.165, 1.54) is 12.1 Å². The summed E-state index contributed by atoms with van der Waals surface area (Å²) in [7, 11) is 0. The first-order valence-corrected chi connectivity index (χ1v) is 7.21. The van der Waals surface area contributed by atoms with Gasteiger partial charge in [0.05, 0.1) is 0 Å². The smallest absolute Gasteiger partial charge is 0.237 e. The number of ether oxygens (including phenoxy) is 1. The van der Waals surface area contributed by atoms with Crippen LogP contribution in [0.3, 0.4) is 0 Å². The Morgan fingerprint density at radius 1 is 1.18 bits per heavy atom. The monoisotopic (exact) mass is 326 g/mol. The van der Waals surface area contributed by atoms with Gasteiger partial charge in [-0.3, -0.25) is 0 Å². The van der Waals surface area contributed by atoms with Crippen molar-refractivity contribution in [2.45, 2.75) is 12.8 Å². The molecule has 0 bridgehead atoms. The van der Waals surface area contributed by atoms with Crippen LogP contribution in [0.1, 0.15) is 12.8 Å². The number of anilines is 1. The van der Waals surface area contributed by atoms with Gasteiger partial charge < -0.3 is 14.7 Å². The van der Waals surface area contributed by atoms with Gasteiger partial charge in [0, 0.05) is 13.1 Å². The number of hydrogen-bond acceptors (Lipinski definition) is 4. The standard InChI is InChI=1S/C15H13ClF2N2O2/c16-11-13(22-10-6-2-1-5-9(10)21)12(17)15(19-14(11)18)20-7-3-4-8-20/h1-2,5-6,21H,3-4,7-8H2. The van der Waals surface area contributed by atoms with Gasteiger partial charge in [0.15, 0.2) is 23.1 Å². The third-order valence-corrected chi connectivity index (χ3v) is 3.79. The van der Waals surface area contributed by atoms with E-state index in [4.69, 9.17) is 16.3 Å². The molecule has 1 fully saturated rings. The molecule has 0 saturated carbocycles. The zero-order valence-electron chi connectivity index (χ0n) is 11.5. The van der Waals surface area contributed by atoms with E-state index in [-0.39, 0.29) is 17.3 Å². The Bertz CT molecular complexity index is 706. The highest BCUT2D eigenvalue weighted by atomic mass is 35.5. The Balaban J connectivity index is 2.04. The van der Waals surface area contributed by atoms with Crippen LogP contribution in [0.5, 0.6) is 17.2 Å². The van der Waals surface area contributed by atoms with E-state index in [9.17, 15) is 13.9 Å². The number of nitrogens with zero attached hydrogens (tertiary/aromatic N) is 2. The van der Waals surface area contributed by atoms with Crippen molar-refractivity contribution in [2.24, 2.45) is 0 Å². The number of aromatic hydroxyl groups is 1. The summed E-state index contributed by atoms with van der Waals surface area (Å²) in [6.07, 6.45) is 1.78. The van der Waals surface area contributed by atoms with Gasteiger partial charge in [-0.2, -0.15) is 13.8 Å². The van der Waals surface area contributed by atoms with E-state index >= 15 is 0 Å². The SMILES string of the molecule is Oc1ccccc1Oc1c(F)c(N2CCCC2)nc(F)c1Cl. The minimum atomic E-state index is -1.00. The van der Waals surface area contributed by atoms with E-state index in [1.807, 2.05) is 0 Å². The van der Waals surface area contributed by atoms with E-state index in [2.05, 4.69) is 4.98 Å². The van der Waals surface area contributed by atoms with E-state index in [0.29, 0.717) is 13.1 Å². The molecule has 4 nitrogen and oxygen atoms in total. The van der Waals surface area contributed by atoms with Crippen molar-refractivity contribution in [3.63, 3.8) is 0 Å². The topological polar surface area (TPSA) is 45.6 Å². The largest absolute Gasteiger partial charge is 0.504 e. The second-order valence-electron chi connectivity index (χ2n) is 4.95. The lowest BCUT2D eigenvalue weighted by molar-refractivity contribution is 0.391. The molecule has 0 amide bonds. The summed E-state index contributed by atoms with van der Waals surface area (Å²) in [5, 5.41) is 9.14. The number of para-hydroxylation sites is 2. The fourth-order valence-electron chi connectivity index (χ4n) is 2.36. The van der Waals surface area contributed by atoms with Crippen molar-refractivity contribution in [3.8, 4) is 17.2 Å². The van der Waals surface area contributed by atoms with Crippen LogP contribution in [0.25, 0.3) is 0 Å². The molecule has 3 rings (SSSR count). The molecule has 116 valence electrons. The summed E-state index contributed by atoms with van der Waals surface area (Å²) < 4.78 is 33.8. The third-order valence-electron chi connectivity index (χ3n) is 3.46. The van der Waals surface area contributed by atoms with Gasteiger partial charge in [0.2, 0.25) is 11.8 Å². The molecule has 1 aliphatic heterocycles. The van der Waals surface area contributed by atoms with Gasteiger partial charge in [-0.05, 0) is 25.0 Å². The molecular weight excluding hydrogens is 314 g/mol. The van der Waals surface area contributed by atoms with Crippen molar-refractivity contribution < 1.29 is 18.6 Å². The lowest BCUT2D eigenvalue weighted by Crippen LogP contribution is -2.21. The predicted molar refractivity (Wildman–Crippen MR) is 78.8 cm³/mol. The fourth-order valence-corrected chi connectivity index (χ4v) is 2.53. The highest BCUT2D eigenvalue weighted by Crippen LogP contribution is 2.40. The van der Waals surface area contributed by atoms with Crippen LogP contribution in [0, 0.1) is 11.8 Å². The lowest BCUT2D eigenvalue weighted by Gasteiger charge is -2.19. The van der Waals surface area contributed by atoms with Crippen molar-refractivity contribution in [1.29, 1.82) is 0 Å². The Hall–Kier alpha value is -2.08. The Morgan fingerprint density at radius 3 is 2.55 bits per heavy atom. The third kappa shape index (κ3) is 2.66. The van der Waals surface area contributed by atoms with Crippen LogP contribution in [-0.4, -0.2) is 23.2 Å². The fraction of sp³-hybridized carbons (Fsp3) is 0.267. The first-order valence-electron chi connectivity index (χ1n) is 6.83. The zero-order valence-corrected chi connectivity index (χ0v) is 12.3. The summed E-state index contributed by atoms with van der Waals surface area (Å²) in [5.74, 6) is -2.64. The number of hydrogen-bond donors (Lipinski definition) is 1. The maximum Gasteiger partial charge on any atom is 0.237 e. The second-order valence-corrected chi connectivity index (χ2v) is 5.33. The van der Waals surface area contributed by atoms with Crippen LogP contribution >= 0.6 is 11.6 Å². The number of benzene rings is 1. The maximum atomic E-state index is 14.6. The molecule has 1 aliphatic rings. The molecule has 0 spiro atoms.